The van der Waals surface area contributed by atoms with Gasteiger partial charge in [0.1, 0.15) is 22.7 Å². The maximum Gasteiger partial charge on any atom is 0.150 e. The molecule has 1 unspecified atom stereocenters. The molecule has 6 heteroatoms. The molecule has 0 radical (unpaired) electrons. The summed E-state index contributed by atoms with van der Waals surface area (Å²) in [4.78, 5) is 10.5. The Balaban J connectivity index is 0.996. The number of furan rings is 1. The average molecular weight is 753 g/mol. The van der Waals surface area contributed by atoms with Crippen LogP contribution in [-0.4, -0.2) is 22.4 Å². The molecular weight excluding hydrogens is 717 g/mol. The van der Waals surface area contributed by atoms with Crippen molar-refractivity contribution >= 4 is 83.3 Å². The van der Waals surface area contributed by atoms with Crippen LogP contribution in [0, 0.1) is 5.92 Å². The van der Waals surface area contributed by atoms with Gasteiger partial charge in [0.15, 0.2) is 6.17 Å². The zero-order valence-electron chi connectivity index (χ0n) is 31.0. The van der Waals surface area contributed by atoms with Crippen LogP contribution >= 0.6 is 11.3 Å². The van der Waals surface area contributed by atoms with E-state index in [0.29, 0.717) is 0 Å². The number of para-hydroxylation sites is 1. The topological polar surface area (TPSA) is 54.8 Å². The first kappa shape index (κ1) is 32.5. The monoisotopic (exact) mass is 752 g/mol. The van der Waals surface area contributed by atoms with Gasteiger partial charge in [-0.2, -0.15) is 0 Å². The highest BCUT2D eigenvalue weighted by atomic mass is 32.1. The number of nitrogens with one attached hydrogen (secondary N) is 1. The van der Waals surface area contributed by atoms with Crippen LogP contribution in [0.3, 0.4) is 0 Å². The van der Waals surface area contributed by atoms with Crippen LogP contribution < -0.4 is 16.0 Å². The van der Waals surface area contributed by atoms with Crippen molar-refractivity contribution in [3.8, 4) is 16.8 Å². The lowest BCUT2D eigenvalue weighted by molar-refractivity contribution is 0.529. The van der Waals surface area contributed by atoms with Gasteiger partial charge in [-0.05, 0) is 66.8 Å². The van der Waals surface area contributed by atoms with Crippen LogP contribution in [0.4, 0.5) is 0 Å². The molecule has 6 aromatic carbocycles. The number of aliphatic imine (C=N–C) groups is 2. The van der Waals surface area contributed by atoms with Crippen molar-refractivity contribution in [2.24, 2.45) is 15.9 Å². The van der Waals surface area contributed by atoms with Gasteiger partial charge in [-0.25, -0.2) is 9.98 Å². The van der Waals surface area contributed by atoms with Crippen molar-refractivity contribution in [2.45, 2.75) is 25.4 Å². The van der Waals surface area contributed by atoms with Crippen LogP contribution in [0.2, 0.25) is 0 Å². The lowest BCUT2D eigenvalue weighted by Crippen LogP contribution is -2.40. The van der Waals surface area contributed by atoms with Crippen LogP contribution in [0.25, 0.3) is 77.1 Å². The number of allylic oxidation sites excluding steroid dienone is 1. The van der Waals surface area contributed by atoms with Gasteiger partial charge in [0.25, 0.3) is 0 Å². The van der Waals surface area contributed by atoms with E-state index >= 15 is 0 Å². The molecule has 57 heavy (non-hydrogen) atoms. The van der Waals surface area contributed by atoms with Gasteiger partial charge >= 0.3 is 0 Å². The number of aryl methyl sites for hydroxylation is 1. The molecular formula is C51H36N4OS. The number of nitrogens with zero attached hydrogens (tertiary/aromatic N) is 3. The zero-order chi connectivity index (χ0) is 37.5. The van der Waals surface area contributed by atoms with Gasteiger partial charge in [0.05, 0.1) is 5.52 Å². The van der Waals surface area contributed by atoms with Gasteiger partial charge in [-0.1, -0.05) is 127 Å². The van der Waals surface area contributed by atoms with Crippen LogP contribution in [0.15, 0.2) is 160 Å². The number of rotatable bonds is 5. The molecule has 1 atom stereocenters. The first-order valence-corrected chi connectivity index (χ1v) is 20.6. The number of aromatic nitrogens is 1. The second kappa shape index (κ2) is 12.9. The fraction of sp³-hybridized carbons (Fsp3) is 0.0980. The van der Waals surface area contributed by atoms with Crippen LogP contribution in [-0.2, 0) is 6.42 Å². The molecule has 1 aliphatic heterocycles. The smallest absolute Gasteiger partial charge is 0.150 e. The third-order valence-corrected chi connectivity index (χ3v) is 13.1. The first-order valence-electron chi connectivity index (χ1n) is 19.8. The molecule has 0 saturated heterocycles. The molecule has 0 fully saturated rings. The number of benzene rings is 6. The Labute approximate surface area is 333 Å². The molecule has 272 valence electrons. The van der Waals surface area contributed by atoms with Crippen LogP contribution in [0.5, 0.6) is 0 Å². The summed E-state index contributed by atoms with van der Waals surface area (Å²) in [5, 5.41) is 9.73. The summed E-state index contributed by atoms with van der Waals surface area (Å²) in [5.41, 5.74) is 11.6. The number of hydrogen-bond donors (Lipinski definition) is 1. The van der Waals surface area contributed by atoms with Crippen molar-refractivity contribution in [1.82, 2.24) is 9.88 Å². The van der Waals surface area contributed by atoms with Gasteiger partial charge in [-0.3, -0.25) is 0 Å². The fourth-order valence-corrected chi connectivity index (χ4v) is 10.5. The summed E-state index contributed by atoms with van der Waals surface area (Å²) in [6.45, 7) is 0. The Kier molecular flexibility index (Phi) is 7.35. The molecule has 0 bridgehead atoms. The third kappa shape index (κ3) is 5.21. The minimum Gasteiger partial charge on any atom is -0.456 e. The van der Waals surface area contributed by atoms with Crippen molar-refractivity contribution in [1.29, 1.82) is 0 Å². The minimum atomic E-state index is -0.295. The fourth-order valence-electron chi connectivity index (χ4n) is 9.22. The van der Waals surface area contributed by atoms with Crippen molar-refractivity contribution < 1.29 is 4.42 Å². The van der Waals surface area contributed by atoms with Gasteiger partial charge in [0.2, 0.25) is 0 Å². The molecule has 0 saturated carbocycles. The van der Waals surface area contributed by atoms with E-state index in [2.05, 4.69) is 162 Å². The number of fused-ring (bicyclic) bond motifs is 9. The van der Waals surface area contributed by atoms with Gasteiger partial charge in [-0.15, -0.1) is 11.3 Å². The van der Waals surface area contributed by atoms with Crippen molar-refractivity contribution in [2.75, 3.05) is 0 Å². The Morgan fingerprint density at radius 2 is 1.44 bits per heavy atom. The molecule has 1 N–H and O–H groups in total. The molecule has 9 aromatic rings. The molecule has 0 spiro atoms. The van der Waals surface area contributed by atoms with E-state index in [-0.39, 0.29) is 12.1 Å². The molecule has 2 aliphatic carbocycles. The summed E-state index contributed by atoms with van der Waals surface area (Å²) in [7, 11) is 0. The molecule has 4 heterocycles. The number of hydrogen-bond acceptors (Lipinski definition) is 5. The highest BCUT2D eigenvalue weighted by Gasteiger charge is 2.27. The lowest BCUT2D eigenvalue weighted by Gasteiger charge is -2.26. The largest absolute Gasteiger partial charge is 0.456 e. The second-order valence-electron chi connectivity index (χ2n) is 15.2. The highest BCUT2D eigenvalue weighted by Crippen LogP contribution is 2.43. The molecule has 3 aromatic heterocycles. The average Bonchev–Trinajstić information content (AvgIpc) is 3.96. The van der Waals surface area contributed by atoms with Crippen molar-refractivity contribution in [3.63, 3.8) is 0 Å². The standard InChI is InChI=1S/C51H36N4OS/c1-3-13-31(14-4-1)49-52-50(32-15-5-2-6-16-32)54-51(53-49)33-25-28-44-41(29-33)47-38(19-12-24-45(47)56-44)40-21-11-20-39-37-27-26-34(30-46(37)57-48(39)40)55-42-22-9-7-17-35(42)36-18-8-10-23-43(36)55/h1-7,9-17,19-24,26-30,33,51H,8,18,25H2,(H,52,53,54). The highest BCUT2D eigenvalue weighted by molar-refractivity contribution is 7.26. The predicted octanol–water partition coefficient (Wildman–Crippen LogP) is 10.8. The Morgan fingerprint density at radius 3 is 2.26 bits per heavy atom. The zero-order valence-corrected chi connectivity index (χ0v) is 31.8. The number of amidine groups is 2. The van der Waals surface area contributed by atoms with E-state index in [1.54, 1.807) is 0 Å². The first-order chi connectivity index (χ1) is 28.2. The number of thiophene rings is 1. The summed E-state index contributed by atoms with van der Waals surface area (Å²) < 4.78 is 11.6. The van der Waals surface area contributed by atoms with E-state index in [4.69, 9.17) is 14.4 Å². The third-order valence-electron chi connectivity index (χ3n) is 11.9. The summed E-state index contributed by atoms with van der Waals surface area (Å²) in [6, 6.07) is 49.8. The predicted molar refractivity (Wildman–Crippen MR) is 238 cm³/mol. The van der Waals surface area contributed by atoms with Crippen LogP contribution in [0.1, 0.15) is 35.2 Å². The van der Waals surface area contributed by atoms with Gasteiger partial charge in [0, 0.05) is 70.2 Å². The maximum atomic E-state index is 6.60. The Morgan fingerprint density at radius 1 is 0.702 bits per heavy atom. The molecule has 3 aliphatic rings. The lowest BCUT2D eigenvalue weighted by atomic mass is 9.93. The second-order valence-corrected chi connectivity index (χ2v) is 16.2. The molecule has 12 rings (SSSR count). The van der Waals surface area contributed by atoms with E-state index in [0.717, 1.165) is 63.7 Å². The van der Waals surface area contributed by atoms with E-state index in [1.165, 1.54) is 59.1 Å². The van der Waals surface area contributed by atoms with E-state index in [9.17, 15) is 0 Å². The van der Waals surface area contributed by atoms with E-state index < -0.39 is 0 Å². The minimum absolute atomic E-state index is 0.0507. The van der Waals surface area contributed by atoms with E-state index in [1.807, 2.05) is 23.5 Å². The normalized spacial score (nSPS) is 16.5. The van der Waals surface area contributed by atoms with Crippen molar-refractivity contribution in [3.05, 3.63) is 179 Å². The Hall–Kier alpha value is -6.76. The van der Waals surface area contributed by atoms with Gasteiger partial charge < -0.3 is 14.3 Å². The summed E-state index contributed by atoms with van der Waals surface area (Å²) >= 11 is 1.88. The SMILES string of the molecule is C1=Cc2c(c3ccccc3n2-c2ccc3c(c2)sc2c(-c4cccc5oc6c(c45)=CC(C4N=C(c5ccccc5)NC(c5ccccc5)=N4)CC=6)cccc23)CC1. The maximum absolute atomic E-state index is 6.60. The molecule has 5 nitrogen and oxygen atoms in total. The summed E-state index contributed by atoms with van der Waals surface area (Å²) in [5.74, 6) is 1.73. The molecule has 0 amide bonds. The summed E-state index contributed by atoms with van der Waals surface area (Å²) in [6.07, 6.45) is 11.9. The Bertz CT molecular complexity index is 3250. The quantitative estimate of drug-likeness (QED) is 0.190.